The highest BCUT2D eigenvalue weighted by atomic mass is 16.3. The smallest absolute Gasteiger partial charge is 0.134 e. The molecule has 4 nitrogen and oxygen atoms in total. The summed E-state index contributed by atoms with van der Waals surface area (Å²) < 4.78 is 12.9. The summed E-state index contributed by atoms with van der Waals surface area (Å²) in [6, 6.07) is 95.9. The van der Waals surface area contributed by atoms with Gasteiger partial charge in [0, 0.05) is 67.2 Å². The molecule has 0 fully saturated rings. The van der Waals surface area contributed by atoms with Crippen LogP contribution in [0.5, 0.6) is 0 Å². The maximum absolute atomic E-state index is 6.43. The Balaban J connectivity index is 0.743. The molecule has 0 bridgehead atoms. The normalized spacial score (nSPS) is 13.3. The summed E-state index contributed by atoms with van der Waals surface area (Å²) in [6.45, 7) is 9.39. The average molecular weight is 1010 g/mol. The Hall–Kier alpha value is -9.64. The molecule has 0 saturated carbocycles. The van der Waals surface area contributed by atoms with Gasteiger partial charge in [0.15, 0.2) is 0 Å². The third kappa shape index (κ3) is 7.99. The Morgan fingerprint density at radius 3 is 0.859 bits per heavy atom. The standard InChI is InChI=1S/C74H56N2O2/c1-73(2)65-45-53(71-43-41-69(77-71)51-17-9-5-10-18-51)29-37-61(65)63-39-35-59(47-67(63)73)75(55-21-13-7-14-22-55)57-31-25-49(26-32-57)50-27-33-58(34-28-50)76(56-23-15-8-16-24-56)60-36-40-64-62-38-30-54(46-66(62)74(3,4)68(64)48-60)72-44-42-70(78-72)52-19-11-6-12-20-52/h5-48H,1-4H3. The summed E-state index contributed by atoms with van der Waals surface area (Å²) >= 11 is 0. The van der Waals surface area contributed by atoms with E-state index in [0.717, 1.165) is 90.5 Å². The maximum atomic E-state index is 6.43. The summed E-state index contributed by atoms with van der Waals surface area (Å²) in [5.41, 5.74) is 23.1. The first-order valence-electron chi connectivity index (χ1n) is 27.0. The van der Waals surface area contributed by atoms with Gasteiger partial charge in [-0.05, 0) is 165 Å². The van der Waals surface area contributed by atoms with Crippen LogP contribution in [0.4, 0.5) is 34.1 Å². The summed E-state index contributed by atoms with van der Waals surface area (Å²) in [6.07, 6.45) is 0. The van der Waals surface area contributed by atoms with Gasteiger partial charge >= 0.3 is 0 Å². The molecule has 0 amide bonds. The third-order valence-corrected chi connectivity index (χ3v) is 16.3. The number of anilines is 6. The molecule has 0 spiro atoms. The van der Waals surface area contributed by atoms with Gasteiger partial charge in [-0.3, -0.25) is 0 Å². The van der Waals surface area contributed by atoms with Crippen LogP contribution < -0.4 is 9.80 Å². The predicted octanol–water partition coefficient (Wildman–Crippen LogP) is 20.8. The quantitative estimate of drug-likeness (QED) is 0.129. The van der Waals surface area contributed by atoms with Gasteiger partial charge in [0.2, 0.25) is 0 Å². The molecule has 2 heterocycles. The summed E-state index contributed by atoms with van der Waals surface area (Å²) in [5.74, 6) is 3.50. The molecule has 0 radical (unpaired) electrons. The minimum absolute atomic E-state index is 0.233. The third-order valence-electron chi connectivity index (χ3n) is 16.3. The van der Waals surface area contributed by atoms with Gasteiger partial charge in [0.05, 0.1) is 0 Å². The molecule has 4 heteroatoms. The van der Waals surface area contributed by atoms with Crippen molar-refractivity contribution in [1.29, 1.82) is 0 Å². The first-order valence-corrected chi connectivity index (χ1v) is 27.0. The maximum Gasteiger partial charge on any atom is 0.134 e. The van der Waals surface area contributed by atoms with Gasteiger partial charge in [0.1, 0.15) is 23.0 Å². The molecule has 374 valence electrons. The van der Waals surface area contributed by atoms with Crippen LogP contribution in [-0.2, 0) is 10.8 Å². The number of nitrogens with zero attached hydrogens (tertiary/aromatic N) is 2. The lowest BCUT2D eigenvalue weighted by atomic mass is 9.81. The Morgan fingerprint density at radius 1 is 0.231 bits per heavy atom. The molecular weight excluding hydrogens is 949 g/mol. The molecular formula is C74H56N2O2. The SMILES string of the molecule is CC1(C)c2cc(-c3ccc(-c4ccccc4)o3)ccc2-c2ccc(N(c3ccccc3)c3ccc(-c4ccc(N(c5ccccc5)c5ccc6c(c5)C(C)(C)c5cc(-c7ccc(-c8ccccc8)o7)ccc5-6)cc4)cc3)cc21. The zero-order valence-corrected chi connectivity index (χ0v) is 44.1. The topological polar surface area (TPSA) is 32.8 Å². The number of fused-ring (bicyclic) bond motifs is 6. The fourth-order valence-electron chi connectivity index (χ4n) is 12.2. The molecule has 0 aliphatic heterocycles. The van der Waals surface area contributed by atoms with E-state index in [-0.39, 0.29) is 10.8 Å². The van der Waals surface area contributed by atoms with Crippen LogP contribution in [0.15, 0.2) is 276 Å². The van der Waals surface area contributed by atoms with Gasteiger partial charge in [-0.25, -0.2) is 0 Å². The van der Waals surface area contributed by atoms with Crippen molar-refractivity contribution in [2.45, 2.75) is 38.5 Å². The monoisotopic (exact) mass is 1000 g/mol. The van der Waals surface area contributed by atoms with Crippen molar-refractivity contribution >= 4 is 34.1 Å². The summed E-state index contributed by atoms with van der Waals surface area (Å²) in [5, 5.41) is 0. The van der Waals surface area contributed by atoms with Crippen molar-refractivity contribution in [2.24, 2.45) is 0 Å². The Kier molecular flexibility index (Phi) is 11.2. The second kappa shape index (κ2) is 18.6. The van der Waals surface area contributed by atoms with Crippen LogP contribution in [-0.4, -0.2) is 0 Å². The fourth-order valence-corrected chi connectivity index (χ4v) is 12.2. The second-order valence-electron chi connectivity index (χ2n) is 21.7. The highest BCUT2D eigenvalue weighted by Gasteiger charge is 2.38. The van der Waals surface area contributed by atoms with Crippen molar-refractivity contribution in [2.75, 3.05) is 9.80 Å². The molecule has 12 aromatic rings. The largest absolute Gasteiger partial charge is 0.456 e. The molecule has 10 aromatic carbocycles. The minimum atomic E-state index is -0.233. The molecule has 0 saturated heterocycles. The fraction of sp³-hybridized carbons (Fsp3) is 0.0811. The van der Waals surface area contributed by atoms with E-state index in [4.69, 9.17) is 8.83 Å². The van der Waals surface area contributed by atoms with E-state index in [1.165, 1.54) is 44.5 Å². The Labute approximate surface area is 456 Å². The molecule has 14 rings (SSSR count). The van der Waals surface area contributed by atoms with Gasteiger partial charge in [-0.2, -0.15) is 0 Å². The first-order chi connectivity index (χ1) is 38.2. The van der Waals surface area contributed by atoms with E-state index in [0.29, 0.717) is 0 Å². The van der Waals surface area contributed by atoms with Crippen molar-refractivity contribution in [3.05, 3.63) is 289 Å². The van der Waals surface area contributed by atoms with E-state index >= 15 is 0 Å². The van der Waals surface area contributed by atoms with E-state index in [1.54, 1.807) is 0 Å². The van der Waals surface area contributed by atoms with E-state index < -0.39 is 0 Å². The van der Waals surface area contributed by atoms with Gasteiger partial charge in [0.25, 0.3) is 0 Å². The minimum Gasteiger partial charge on any atom is -0.456 e. The second-order valence-corrected chi connectivity index (χ2v) is 21.7. The van der Waals surface area contributed by atoms with Gasteiger partial charge in [-0.1, -0.05) is 185 Å². The number of benzene rings is 10. The number of furan rings is 2. The first kappa shape index (κ1) is 46.9. The molecule has 2 aromatic heterocycles. The van der Waals surface area contributed by atoms with Crippen LogP contribution in [0.1, 0.15) is 49.9 Å². The lowest BCUT2D eigenvalue weighted by molar-refractivity contribution is 0.596. The average Bonchev–Trinajstić information content (AvgIpc) is 4.49. The molecule has 0 N–H and O–H groups in total. The van der Waals surface area contributed by atoms with Crippen molar-refractivity contribution < 1.29 is 8.83 Å². The molecule has 0 unspecified atom stereocenters. The summed E-state index contributed by atoms with van der Waals surface area (Å²) in [7, 11) is 0. The van der Waals surface area contributed by atoms with Crippen LogP contribution in [0, 0.1) is 0 Å². The van der Waals surface area contributed by atoms with Crippen LogP contribution in [0.2, 0.25) is 0 Å². The van der Waals surface area contributed by atoms with Crippen molar-refractivity contribution in [3.8, 4) is 78.7 Å². The van der Waals surface area contributed by atoms with Gasteiger partial charge in [-0.15, -0.1) is 0 Å². The molecule has 0 atom stereocenters. The van der Waals surface area contributed by atoms with E-state index in [2.05, 4.69) is 268 Å². The lowest BCUT2D eigenvalue weighted by Crippen LogP contribution is -2.16. The Morgan fingerprint density at radius 2 is 0.500 bits per heavy atom. The molecule has 2 aliphatic carbocycles. The zero-order chi connectivity index (χ0) is 52.5. The van der Waals surface area contributed by atoms with Crippen molar-refractivity contribution in [3.63, 3.8) is 0 Å². The van der Waals surface area contributed by atoms with Crippen LogP contribution >= 0.6 is 0 Å². The predicted molar refractivity (Wildman–Crippen MR) is 323 cm³/mol. The highest BCUT2D eigenvalue weighted by molar-refractivity contribution is 5.90. The molecule has 2 aliphatic rings. The van der Waals surface area contributed by atoms with Crippen molar-refractivity contribution in [1.82, 2.24) is 0 Å². The van der Waals surface area contributed by atoms with Gasteiger partial charge < -0.3 is 18.6 Å². The van der Waals surface area contributed by atoms with Crippen LogP contribution in [0.3, 0.4) is 0 Å². The number of hydrogen-bond donors (Lipinski definition) is 0. The number of rotatable bonds is 11. The molecule has 78 heavy (non-hydrogen) atoms. The van der Waals surface area contributed by atoms with E-state index in [9.17, 15) is 0 Å². The Bertz CT molecular complexity index is 3900. The van der Waals surface area contributed by atoms with E-state index in [1.807, 2.05) is 36.4 Å². The number of para-hydroxylation sites is 2. The number of hydrogen-bond acceptors (Lipinski definition) is 4. The van der Waals surface area contributed by atoms with Crippen LogP contribution in [0.25, 0.3) is 78.7 Å². The lowest BCUT2D eigenvalue weighted by Gasteiger charge is -2.28. The zero-order valence-electron chi connectivity index (χ0n) is 44.1. The highest BCUT2D eigenvalue weighted by Crippen LogP contribution is 2.54. The summed E-state index contributed by atoms with van der Waals surface area (Å²) in [4.78, 5) is 4.75.